The first kappa shape index (κ1) is 11.8. The van der Waals surface area contributed by atoms with Gasteiger partial charge >= 0.3 is 0 Å². The van der Waals surface area contributed by atoms with Gasteiger partial charge in [0.05, 0.1) is 0 Å². The molecule has 0 atom stereocenters. The van der Waals surface area contributed by atoms with Crippen molar-refractivity contribution in [3.8, 4) is 16.9 Å². The van der Waals surface area contributed by atoms with Gasteiger partial charge in [0.1, 0.15) is 5.75 Å². The summed E-state index contributed by atoms with van der Waals surface area (Å²) < 4.78 is 0. The Morgan fingerprint density at radius 2 is 1.42 bits per heavy atom. The van der Waals surface area contributed by atoms with Crippen LogP contribution in [0.2, 0.25) is 0 Å². The van der Waals surface area contributed by atoms with Gasteiger partial charge in [-0.2, -0.15) is 0 Å². The Morgan fingerprint density at radius 1 is 0.737 bits per heavy atom. The van der Waals surface area contributed by atoms with Gasteiger partial charge in [-0.1, -0.05) is 48.5 Å². The average molecular weight is 248 g/mol. The summed E-state index contributed by atoms with van der Waals surface area (Å²) in [5.74, 6) is 0.349. The quantitative estimate of drug-likeness (QED) is 0.654. The molecule has 0 heterocycles. The van der Waals surface area contributed by atoms with Crippen molar-refractivity contribution in [1.82, 2.24) is 0 Å². The second-order valence-corrected chi connectivity index (χ2v) is 4.98. The van der Waals surface area contributed by atoms with Crippen LogP contribution in [-0.2, 0) is 0 Å². The zero-order chi connectivity index (χ0) is 13.4. The van der Waals surface area contributed by atoms with Crippen LogP contribution in [0, 0.1) is 13.8 Å². The van der Waals surface area contributed by atoms with Gasteiger partial charge in [0.2, 0.25) is 0 Å². The zero-order valence-corrected chi connectivity index (χ0v) is 11.1. The third kappa shape index (κ3) is 1.97. The highest BCUT2D eigenvalue weighted by Crippen LogP contribution is 2.32. The summed E-state index contributed by atoms with van der Waals surface area (Å²) in [6.07, 6.45) is 0. The van der Waals surface area contributed by atoms with Crippen molar-refractivity contribution in [2.45, 2.75) is 13.8 Å². The lowest BCUT2D eigenvalue weighted by Gasteiger charge is -2.10. The van der Waals surface area contributed by atoms with Gasteiger partial charge in [0.25, 0.3) is 0 Å². The van der Waals surface area contributed by atoms with Gasteiger partial charge in [0, 0.05) is 0 Å². The lowest BCUT2D eigenvalue weighted by Crippen LogP contribution is -1.85. The van der Waals surface area contributed by atoms with Crippen molar-refractivity contribution < 1.29 is 5.11 Å². The Labute approximate surface area is 113 Å². The third-order valence-corrected chi connectivity index (χ3v) is 3.66. The Kier molecular flexibility index (Phi) is 2.75. The van der Waals surface area contributed by atoms with Crippen LogP contribution in [0.3, 0.4) is 0 Å². The van der Waals surface area contributed by atoms with E-state index in [1.165, 1.54) is 16.3 Å². The van der Waals surface area contributed by atoms with Crippen LogP contribution in [0.1, 0.15) is 11.1 Å². The molecule has 0 saturated carbocycles. The molecule has 0 unspecified atom stereocenters. The minimum atomic E-state index is 0.349. The number of fused-ring (bicyclic) bond motifs is 1. The number of rotatable bonds is 1. The molecule has 0 bridgehead atoms. The molecular formula is C18H16O. The fourth-order valence-electron chi connectivity index (χ4n) is 2.48. The summed E-state index contributed by atoms with van der Waals surface area (Å²) in [4.78, 5) is 0. The van der Waals surface area contributed by atoms with Crippen LogP contribution in [0.4, 0.5) is 0 Å². The van der Waals surface area contributed by atoms with Crippen molar-refractivity contribution in [2.24, 2.45) is 0 Å². The van der Waals surface area contributed by atoms with E-state index in [-0.39, 0.29) is 0 Å². The molecule has 0 fully saturated rings. The molecule has 0 aliphatic rings. The molecule has 3 aromatic carbocycles. The summed E-state index contributed by atoms with van der Waals surface area (Å²) in [5.41, 5.74) is 4.40. The number of phenolic OH excluding ortho intramolecular Hbond substituents is 1. The molecule has 0 aromatic heterocycles. The van der Waals surface area contributed by atoms with Crippen LogP contribution in [-0.4, -0.2) is 5.11 Å². The number of aryl methyl sites for hydroxylation is 2. The molecule has 1 N–H and O–H groups in total. The summed E-state index contributed by atoms with van der Waals surface area (Å²) in [6.45, 7) is 4.03. The van der Waals surface area contributed by atoms with Crippen LogP contribution in [0.5, 0.6) is 5.75 Å². The maximum absolute atomic E-state index is 9.89. The predicted molar refractivity (Wildman–Crippen MR) is 80.5 cm³/mol. The minimum absolute atomic E-state index is 0.349. The molecule has 0 amide bonds. The van der Waals surface area contributed by atoms with Gasteiger partial charge in [-0.25, -0.2) is 0 Å². The maximum atomic E-state index is 9.89. The first-order valence-corrected chi connectivity index (χ1v) is 6.45. The highest BCUT2D eigenvalue weighted by molar-refractivity contribution is 5.98. The number of hydrogen-bond acceptors (Lipinski definition) is 1. The molecule has 94 valence electrons. The Hall–Kier alpha value is -2.28. The molecule has 19 heavy (non-hydrogen) atoms. The predicted octanol–water partition coefficient (Wildman–Crippen LogP) is 4.83. The number of hydrogen-bond donors (Lipinski definition) is 1. The summed E-state index contributed by atoms with van der Waals surface area (Å²) in [5, 5.41) is 12.4. The van der Waals surface area contributed by atoms with Crippen molar-refractivity contribution in [3.63, 3.8) is 0 Å². The fourth-order valence-corrected chi connectivity index (χ4v) is 2.48. The fraction of sp³-hybridized carbons (Fsp3) is 0.111. The van der Waals surface area contributed by atoms with E-state index in [4.69, 9.17) is 0 Å². The van der Waals surface area contributed by atoms with Crippen molar-refractivity contribution in [3.05, 3.63) is 65.7 Å². The third-order valence-electron chi connectivity index (χ3n) is 3.66. The molecule has 0 radical (unpaired) electrons. The molecule has 0 spiro atoms. The molecule has 0 saturated heterocycles. The second kappa shape index (κ2) is 4.43. The monoisotopic (exact) mass is 248 g/mol. The zero-order valence-electron chi connectivity index (χ0n) is 11.1. The second-order valence-electron chi connectivity index (χ2n) is 4.98. The summed E-state index contributed by atoms with van der Waals surface area (Å²) in [7, 11) is 0. The topological polar surface area (TPSA) is 20.2 Å². The van der Waals surface area contributed by atoms with E-state index < -0.39 is 0 Å². The number of benzene rings is 3. The van der Waals surface area contributed by atoms with Crippen LogP contribution in [0.15, 0.2) is 54.6 Å². The molecule has 3 rings (SSSR count). The largest absolute Gasteiger partial charge is 0.508 e. The highest BCUT2D eigenvalue weighted by atomic mass is 16.3. The van der Waals surface area contributed by atoms with Crippen LogP contribution in [0.25, 0.3) is 21.9 Å². The van der Waals surface area contributed by atoms with Gasteiger partial charge in [-0.3, -0.25) is 0 Å². The van der Waals surface area contributed by atoms with Gasteiger partial charge in [0.15, 0.2) is 0 Å². The van der Waals surface area contributed by atoms with Crippen LogP contribution < -0.4 is 0 Å². The normalized spacial score (nSPS) is 10.8. The lowest BCUT2D eigenvalue weighted by atomic mass is 9.95. The van der Waals surface area contributed by atoms with Gasteiger partial charge in [-0.05, 0) is 52.9 Å². The summed E-state index contributed by atoms with van der Waals surface area (Å²) >= 11 is 0. The van der Waals surface area contributed by atoms with Gasteiger partial charge < -0.3 is 5.11 Å². The maximum Gasteiger partial charge on any atom is 0.119 e. The van der Waals surface area contributed by atoms with Crippen LogP contribution >= 0.6 is 0 Å². The van der Waals surface area contributed by atoms with E-state index in [0.717, 1.165) is 16.7 Å². The first-order chi connectivity index (χ1) is 9.16. The SMILES string of the molecule is Cc1ccc(-c2ccc(C)c3ccccc23)cc1O. The number of phenols is 1. The molecule has 0 aliphatic carbocycles. The number of aromatic hydroxyl groups is 1. The smallest absolute Gasteiger partial charge is 0.119 e. The standard InChI is InChI=1S/C18H16O/c1-12-8-10-16(17-6-4-3-5-15(12)17)14-9-7-13(2)18(19)11-14/h3-11,19H,1-2H3. The molecule has 1 heteroatoms. The highest BCUT2D eigenvalue weighted by Gasteiger charge is 2.07. The van der Waals surface area contributed by atoms with Crippen molar-refractivity contribution >= 4 is 10.8 Å². The Balaban J connectivity index is 2.31. The molecule has 3 aromatic rings. The molecule has 0 aliphatic heterocycles. The van der Waals surface area contributed by atoms with Crippen molar-refractivity contribution in [2.75, 3.05) is 0 Å². The van der Waals surface area contributed by atoms with Crippen molar-refractivity contribution in [1.29, 1.82) is 0 Å². The van der Waals surface area contributed by atoms with E-state index in [9.17, 15) is 5.11 Å². The molecule has 1 nitrogen and oxygen atoms in total. The van der Waals surface area contributed by atoms with E-state index >= 15 is 0 Å². The average Bonchev–Trinajstić information content (AvgIpc) is 2.43. The van der Waals surface area contributed by atoms with Gasteiger partial charge in [-0.15, -0.1) is 0 Å². The van der Waals surface area contributed by atoms with E-state index in [0.29, 0.717) is 5.75 Å². The minimum Gasteiger partial charge on any atom is -0.508 e. The molecular weight excluding hydrogens is 232 g/mol. The lowest BCUT2D eigenvalue weighted by molar-refractivity contribution is 0.471. The van der Waals surface area contributed by atoms with E-state index in [1.54, 1.807) is 0 Å². The van der Waals surface area contributed by atoms with E-state index in [2.05, 4.69) is 49.4 Å². The first-order valence-electron chi connectivity index (χ1n) is 6.45. The summed E-state index contributed by atoms with van der Waals surface area (Å²) in [6, 6.07) is 18.5. The Bertz CT molecular complexity index is 757. The Morgan fingerprint density at radius 3 is 2.16 bits per heavy atom. The van der Waals surface area contributed by atoms with E-state index in [1.807, 2.05) is 19.1 Å².